The molecular formula is C17H13N5O3. The third-order valence-electron chi connectivity index (χ3n) is 4.01. The molecule has 124 valence electrons. The van der Waals surface area contributed by atoms with Crippen molar-refractivity contribution in [3.05, 3.63) is 52.3 Å². The van der Waals surface area contributed by atoms with E-state index in [-0.39, 0.29) is 11.5 Å². The van der Waals surface area contributed by atoms with Crippen LogP contribution in [0.2, 0.25) is 0 Å². The molecule has 2 heterocycles. The number of anilines is 1. The minimum Gasteiger partial charge on any atom is -0.465 e. The van der Waals surface area contributed by atoms with Gasteiger partial charge in [0, 0.05) is 10.9 Å². The van der Waals surface area contributed by atoms with Gasteiger partial charge in [-0.2, -0.15) is 5.10 Å². The Balaban J connectivity index is 1.93. The van der Waals surface area contributed by atoms with Gasteiger partial charge in [-0.25, -0.2) is 14.9 Å². The zero-order valence-electron chi connectivity index (χ0n) is 13.1. The normalized spacial score (nSPS) is 11.1. The summed E-state index contributed by atoms with van der Waals surface area (Å²) in [7, 11) is 0. The van der Waals surface area contributed by atoms with Crippen LogP contribution < -0.4 is 10.9 Å². The Morgan fingerprint density at radius 1 is 1.24 bits per heavy atom. The van der Waals surface area contributed by atoms with E-state index in [0.717, 1.165) is 16.5 Å². The van der Waals surface area contributed by atoms with Crippen molar-refractivity contribution in [2.24, 2.45) is 0 Å². The molecule has 2 aromatic carbocycles. The number of amides is 1. The first kappa shape index (κ1) is 14.9. The number of nitrogens with zero attached hydrogens (tertiary/aromatic N) is 2. The van der Waals surface area contributed by atoms with Gasteiger partial charge in [-0.3, -0.25) is 10.1 Å². The first-order valence-corrected chi connectivity index (χ1v) is 7.51. The van der Waals surface area contributed by atoms with Gasteiger partial charge in [-0.05, 0) is 30.7 Å². The second-order valence-corrected chi connectivity index (χ2v) is 5.65. The lowest BCUT2D eigenvalue weighted by Crippen LogP contribution is -2.10. The summed E-state index contributed by atoms with van der Waals surface area (Å²) < 4.78 is 0. The van der Waals surface area contributed by atoms with Crippen LogP contribution in [0.4, 0.5) is 10.7 Å². The summed E-state index contributed by atoms with van der Waals surface area (Å²) in [5.41, 5.74) is 3.41. The third-order valence-corrected chi connectivity index (χ3v) is 4.01. The van der Waals surface area contributed by atoms with Gasteiger partial charge in [0.25, 0.3) is 5.56 Å². The molecule has 8 nitrogen and oxygen atoms in total. The predicted octanol–water partition coefficient (Wildman–Crippen LogP) is 2.86. The van der Waals surface area contributed by atoms with E-state index in [0.29, 0.717) is 22.1 Å². The number of imidazole rings is 1. The Kier molecular flexibility index (Phi) is 3.24. The van der Waals surface area contributed by atoms with Crippen LogP contribution in [0.3, 0.4) is 0 Å². The molecule has 0 spiro atoms. The van der Waals surface area contributed by atoms with Gasteiger partial charge in [0.2, 0.25) is 5.95 Å². The Hall–Kier alpha value is -3.68. The average molecular weight is 335 g/mol. The Morgan fingerprint density at radius 3 is 2.88 bits per heavy atom. The molecule has 8 heteroatoms. The van der Waals surface area contributed by atoms with Crippen LogP contribution >= 0.6 is 0 Å². The molecule has 4 aromatic rings. The molecule has 25 heavy (non-hydrogen) atoms. The Morgan fingerprint density at radius 2 is 2.08 bits per heavy atom. The summed E-state index contributed by atoms with van der Waals surface area (Å²) in [6, 6.07) is 10.9. The fraction of sp³-hybridized carbons (Fsp3) is 0.0588. The van der Waals surface area contributed by atoms with Gasteiger partial charge in [0.15, 0.2) is 0 Å². The fourth-order valence-electron chi connectivity index (χ4n) is 2.92. The maximum atomic E-state index is 12.0. The summed E-state index contributed by atoms with van der Waals surface area (Å²) >= 11 is 0. The predicted molar refractivity (Wildman–Crippen MR) is 93.8 cm³/mol. The molecule has 0 fully saturated rings. The van der Waals surface area contributed by atoms with Gasteiger partial charge in [-0.15, -0.1) is 0 Å². The topological polar surface area (TPSA) is 124 Å². The minimum absolute atomic E-state index is 0.148. The van der Waals surface area contributed by atoms with E-state index in [1.807, 2.05) is 25.1 Å². The number of H-pyrrole nitrogens is 2. The first-order chi connectivity index (χ1) is 12.0. The zero-order valence-corrected chi connectivity index (χ0v) is 13.1. The molecule has 4 rings (SSSR count). The van der Waals surface area contributed by atoms with Crippen molar-refractivity contribution >= 4 is 33.8 Å². The maximum Gasteiger partial charge on any atom is 0.411 e. The number of aromatic amines is 2. The highest BCUT2D eigenvalue weighted by Crippen LogP contribution is 2.29. The number of aryl methyl sites for hydroxylation is 1. The Labute approximate surface area is 140 Å². The lowest BCUT2D eigenvalue weighted by atomic mass is 10.0. The van der Waals surface area contributed by atoms with Crippen molar-refractivity contribution in [3.63, 3.8) is 0 Å². The lowest BCUT2D eigenvalue weighted by molar-refractivity contribution is 0.209. The number of rotatable bonds is 2. The molecule has 0 saturated heterocycles. The molecule has 0 radical (unpaired) electrons. The van der Waals surface area contributed by atoms with Crippen LogP contribution in [-0.4, -0.2) is 31.4 Å². The molecule has 4 N–H and O–H groups in total. The number of nitrogens with one attached hydrogen (secondary N) is 3. The molecule has 2 aromatic heterocycles. The summed E-state index contributed by atoms with van der Waals surface area (Å²) in [4.78, 5) is 29.9. The SMILES string of the molecule is Cc1cccc2c(=O)[nH]nc(-c3ccc4[nH]c(NC(=O)O)nc4c3)c12. The maximum absolute atomic E-state index is 12.0. The quantitative estimate of drug-likeness (QED) is 0.448. The van der Waals surface area contributed by atoms with Crippen LogP contribution in [0.1, 0.15) is 5.56 Å². The van der Waals surface area contributed by atoms with E-state index in [4.69, 9.17) is 5.11 Å². The number of carboxylic acid groups (broad SMARTS) is 1. The van der Waals surface area contributed by atoms with Gasteiger partial charge in [0.1, 0.15) is 0 Å². The van der Waals surface area contributed by atoms with Gasteiger partial charge < -0.3 is 10.1 Å². The van der Waals surface area contributed by atoms with E-state index in [1.54, 1.807) is 18.2 Å². The minimum atomic E-state index is -1.19. The highest BCUT2D eigenvalue weighted by atomic mass is 16.4. The molecule has 0 saturated carbocycles. The lowest BCUT2D eigenvalue weighted by Gasteiger charge is -2.07. The summed E-state index contributed by atoms with van der Waals surface area (Å²) in [6.07, 6.45) is -1.19. The van der Waals surface area contributed by atoms with Gasteiger partial charge >= 0.3 is 6.09 Å². The van der Waals surface area contributed by atoms with Crippen molar-refractivity contribution in [3.8, 4) is 11.3 Å². The number of hydrogen-bond donors (Lipinski definition) is 4. The van der Waals surface area contributed by atoms with Gasteiger partial charge in [-0.1, -0.05) is 18.2 Å². The summed E-state index contributed by atoms with van der Waals surface area (Å²) in [5.74, 6) is 0.148. The zero-order chi connectivity index (χ0) is 17.6. The number of carbonyl (C=O) groups is 1. The standard InChI is InChI=1S/C17H13N5O3/c1-8-3-2-4-10-13(8)14(21-22-15(10)23)9-5-6-11-12(7-9)19-16(18-11)20-17(24)25/h2-7H,1H3,(H,22,23)(H,24,25)(H2,18,19,20). The molecule has 0 unspecified atom stereocenters. The fourth-order valence-corrected chi connectivity index (χ4v) is 2.92. The van der Waals surface area contributed by atoms with Gasteiger partial charge in [0.05, 0.1) is 22.1 Å². The average Bonchev–Trinajstić information content (AvgIpc) is 2.96. The van der Waals surface area contributed by atoms with Crippen LogP contribution in [0.5, 0.6) is 0 Å². The number of fused-ring (bicyclic) bond motifs is 2. The second kappa shape index (κ2) is 5.45. The van der Waals surface area contributed by atoms with Crippen molar-refractivity contribution in [2.75, 3.05) is 5.32 Å². The van der Waals surface area contributed by atoms with E-state index >= 15 is 0 Å². The number of benzene rings is 2. The smallest absolute Gasteiger partial charge is 0.411 e. The monoisotopic (exact) mass is 335 g/mol. The second-order valence-electron chi connectivity index (χ2n) is 5.65. The number of aromatic nitrogens is 4. The molecule has 0 bridgehead atoms. The molecule has 0 aliphatic heterocycles. The van der Waals surface area contributed by atoms with Crippen LogP contribution in [-0.2, 0) is 0 Å². The van der Waals surface area contributed by atoms with E-state index < -0.39 is 6.09 Å². The highest BCUT2D eigenvalue weighted by Gasteiger charge is 2.13. The number of hydrogen-bond acceptors (Lipinski definition) is 4. The molecular weight excluding hydrogens is 322 g/mol. The molecule has 0 atom stereocenters. The van der Waals surface area contributed by atoms with Crippen molar-refractivity contribution < 1.29 is 9.90 Å². The first-order valence-electron chi connectivity index (χ1n) is 7.51. The summed E-state index contributed by atoms with van der Waals surface area (Å²) in [6.45, 7) is 1.93. The van der Waals surface area contributed by atoms with Crippen LogP contribution in [0.25, 0.3) is 33.1 Å². The van der Waals surface area contributed by atoms with Crippen molar-refractivity contribution in [1.29, 1.82) is 0 Å². The summed E-state index contributed by atoms with van der Waals surface area (Å²) in [5, 5.41) is 19.1. The molecule has 0 aliphatic carbocycles. The van der Waals surface area contributed by atoms with E-state index in [2.05, 4.69) is 25.5 Å². The van der Waals surface area contributed by atoms with Crippen LogP contribution in [0.15, 0.2) is 41.2 Å². The molecule has 0 aliphatic rings. The third kappa shape index (κ3) is 2.49. The van der Waals surface area contributed by atoms with Crippen molar-refractivity contribution in [1.82, 2.24) is 20.2 Å². The largest absolute Gasteiger partial charge is 0.465 e. The Bertz CT molecular complexity index is 1190. The highest BCUT2D eigenvalue weighted by molar-refractivity contribution is 5.98. The van der Waals surface area contributed by atoms with E-state index in [1.165, 1.54) is 0 Å². The van der Waals surface area contributed by atoms with E-state index in [9.17, 15) is 9.59 Å². The van der Waals surface area contributed by atoms with Crippen LogP contribution in [0, 0.1) is 6.92 Å². The van der Waals surface area contributed by atoms with Crippen molar-refractivity contribution in [2.45, 2.75) is 6.92 Å². The molecule has 1 amide bonds.